The van der Waals surface area contributed by atoms with E-state index in [2.05, 4.69) is 25.7 Å². The zero-order chi connectivity index (χ0) is 11.4. The first kappa shape index (κ1) is 12.7. The van der Waals surface area contributed by atoms with E-state index in [0.717, 1.165) is 19.5 Å². The number of nitrogens with one attached hydrogen (secondary N) is 1. The van der Waals surface area contributed by atoms with Crippen molar-refractivity contribution in [2.45, 2.75) is 51.5 Å². The van der Waals surface area contributed by atoms with Gasteiger partial charge in [0.05, 0.1) is 0 Å². The first-order valence-electron chi connectivity index (χ1n) is 6.10. The number of hydrogen-bond donors (Lipinski definition) is 2. The molecule has 1 rings (SSSR count). The summed E-state index contributed by atoms with van der Waals surface area (Å²) in [6.07, 6.45) is 7.99. The van der Waals surface area contributed by atoms with Crippen molar-refractivity contribution in [2.24, 2.45) is 11.1 Å². The van der Waals surface area contributed by atoms with E-state index in [9.17, 15) is 0 Å². The van der Waals surface area contributed by atoms with Gasteiger partial charge < -0.3 is 11.1 Å². The molecule has 2 nitrogen and oxygen atoms in total. The Bertz CT molecular complexity index is 199. The molecule has 88 valence electrons. The Morgan fingerprint density at radius 1 is 1.27 bits per heavy atom. The summed E-state index contributed by atoms with van der Waals surface area (Å²) in [4.78, 5) is 0. The molecule has 0 atom stereocenters. The van der Waals surface area contributed by atoms with Crippen molar-refractivity contribution in [3.05, 3.63) is 12.7 Å². The van der Waals surface area contributed by atoms with Gasteiger partial charge in [-0.25, -0.2) is 0 Å². The minimum Gasteiger partial charge on any atom is -0.329 e. The van der Waals surface area contributed by atoms with Crippen LogP contribution in [0.4, 0.5) is 0 Å². The molecule has 1 saturated carbocycles. The monoisotopic (exact) mass is 210 g/mol. The van der Waals surface area contributed by atoms with E-state index in [-0.39, 0.29) is 5.54 Å². The van der Waals surface area contributed by atoms with E-state index in [0.29, 0.717) is 5.41 Å². The third-order valence-electron chi connectivity index (χ3n) is 3.80. The van der Waals surface area contributed by atoms with Crippen molar-refractivity contribution in [3.8, 4) is 0 Å². The molecule has 0 bridgehead atoms. The fraction of sp³-hybridized carbons (Fsp3) is 0.846. The Kier molecular flexibility index (Phi) is 4.35. The maximum absolute atomic E-state index is 5.92. The maximum atomic E-state index is 5.92. The second-order valence-electron chi connectivity index (χ2n) is 5.65. The Balaban J connectivity index is 2.44. The molecule has 1 aliphatic carbocycles. The molecule has 0 saturated heterocycles. The molecule has 0 aromatic heterocycles. The fourth-order valence-corrected chi connectivity index (χ4v) is 2.30. The van der Waals surface area contributed by atoms with Gasteiger partial charge in [-0.1, -0.05) is 19.9 Å². The van der Waals surface area contributed by atoms with Gasteiger partial charge in [0.25, 0.3) is 0 Å². The van der Waals surface area contributed by atoms with E-state index < -0.39 is 0 Å². The van der Waals surface area contributed by atoms with Crippen LogP contribution in [0, 0.1) is 5.41 Å². The van der Waals surface area contributed by atoms with Crippen LogP contribution in [-0.2, 0) is 0 Å². The topological polar surface area (TPSA) is 38.0 Å². The molecule has 0 amide bonds. The lowest BCUT2D eigenvalue weighted by Crippen LogP contribution is -2.54. The molecule has 0 heterocycles. The average molecular weight is 210 g/mol. The van der Waals surface area contributed by atoms with Crippen LogP contribution >= 0.6 is 0 Å². The van der Waals surface area contributed by atoms with Crippen LogP contribution in [-0.4, -0.2) is 18.6 Å². The third kappa shape index (κ3) is 3.62. The van der Waals surface area contributed by atoms with Gasteiger partial charge in [0, 0.05) is 12.1 Å². The molecule has 15 heavy (non-hydrogen) atoms. The fourth-order valence-electron chi connectivity index (χ4n) is 2.30. The normalized spacial score (nSPS) is 23.7. The molecular weight excluding hydrogens is 184 g/mol. The van der Waals surface area contributed by atoms with Crippen LogP contribution in [0.1, 0.15) is 46.0 Å². The van der Waals surface area contributed by atoms with Crippen LogP contribution in [0.2, 0.25) is 0 Å². The lowest BCUT2D eigenvalue weighted by molar-refractivity contribution is 0.140. The van der Waals surface area contributed by atoms with E-state index in [4.69, 9.17) is 5.73 Å². The van der Waals surface area contributed by atoms with Gasteiger partial charge >= 0.3 is 0 Å². The Morgan fingerprint density at radius 2 is 1.87 bits per heavy atom. The van der Waals surface area contributed by atoms with Crippen molar-refractivity contribution in [2.75, 3.05) is 13.1 Å². The minimum absolute atomic E-state index is 0.207. The summed E-state index contributed by atoms with van der Waals surface area (Å²) in [7, 11) is 0. The number of rotatable bonds is 5. The van der Waals surface area contributed by atoms with Gasteiger partial charge in [-0.05, 0) is 44.1 Å². The van der Waals surface area contributed by atoms with Crippen molar-refractivity contribution >= 4 is 0 Å². The Morgan fingerprint density at radius 3 is 2.33 bits per heavy atom. The summed E-state index contributed by atoms with van der Waals surface area (Å²) in [6, 6.07) is 0. The molecule has 3 N–H and O–H groups in total. The van der Waals surface area contributed by atoms with Crippen molar-refractivity contribution in [1.29, 1.82) is 0 Å². The predicted molar refractivity (Wildman–Crippen MR) is 66.9 cm³/mol. The molecule has 2 heteroatoms. The van der Waals surface area contributed by atoms with Crippen LogP contribution in [0.3, 0.4) is 0 Å². The van der Waals surface area contributed by atoms with Gasteiger partial charge in [-0.3, -0.25) is 0 Å². The van der Waals surface area contributed by atoms with Crippen molar-refractivity contribution in [3.63, 3.8) is 0 Å². The first-order chi connectivity index (χ1) is 7.04. The molecule has 0 aliphatic heterocycles. The zero-order valence-electron chi connectivity index (χ0n) is 10.3. The summed E-state index contributed by atoms with van der Waals surface area (Å²) >= 11 is 0. The minimum atomic E-state index is 0.207. The van der Waals surface area contributed by atoms with E-state index in [1.807, 2.05) is 6.08 Å². The quantitative estimate of drug-likeness (QED) is 0.540. The SMILES string of the molecule is C=CCCNC1(CN)CCC(C)(C)CC1. The molecule has 0 radical (unpaired) electrons. The molecule has 0 aromatic carbocycles. The van der Waals surface area contributed by atoms with E-state index in [1.54, 1.807) is 0 Å². The second-order valence-corrected chi connectivity index (χ2v) is 5.65. The standard InChI is InChI=1S/C13H26N2/c1-4-5-10-15-13(11-14)8-6-12(2,3)7-9-13/h4,15H,1,5-11,14H2,2-3H3. The summed E-state index contributed by atoms with van der Waals surface area (Å²) in [6.45, 7) is 10.2. The second kappa shape index (κ2) is 5.13. The molecular formula is C13H26N2. The molecule has 1 fully saturated rings. The summed E-state index contributed by atoms with van der Waals surface area (Å²) < 4.78 is 0. The molecule has 0 aromatic rings. The van der Waals surface area contributed by atoms with Gasteiger partial charge in [0.1, 0.15) is 0 Å². The van der Waals surface area contributed by atoms with Crippen LogP contribution in [0.25, 0.3) is 0 Å². The van der Waals surface area contributed by atoms with Gasteiger partial charge in [0.15, 0.2) is 0 Å². The average Bonchev–Trinajstić information content (AvgIpc) is 2.22. The highest BCUT2D eigenvalue weighted by Gasteiger charge is 2.36. The van der Waals surface area contributed by atoms with Gasteiger partial charge in [-0.15, -0.1) is 6.58 Å². The molecule has 0 unspecified atom stereocenters. The Hall–Kier alpha value is -0.340. The third-order valence-corrected chi connectivity index (χ3v) is 3.80. The summed E-state index contributed by atoms with van der Waals surface area (Å²) in [5.41, 5.74) is 6.64. The molecule has 1 aliphatic rings. The van der Waals surface area contributed by atoms with Gasteiger partial charge in [-0.2, -0.15) is 0 Å². The smallest absolute Gasteiger partial charge is 0.0304 e. The lowest BCUT2D eigenvalue weighted by Gasteiger charge is -2.43. The maximum Gasteiger partial charge on any atom is 0.0304 e. The van der Waals surface area contributed by atoms with Crippen molar-refractivity contribution in [1.82, 2.24) is 5.32 Å². The molecule has 0 spiro atoms. The van der Waals surface area contributed by atoms with Crippen molar-refractivity contribution < 1.29 is 0 Å². The number of nitrogens with two attached hydrogens (primary N) is 1. The zero-order valence-corrected chi connectivity index (χ0v) is 10.3. The summed E-state index contributed by atoms with van der Waals surface area (Å²) in [5.74, 6) is 0. The highest BCUT2D eigenvalue weighted by molar-refractivity contribution is 4.96. The highest BCUT2D eigenvalue weighted by atomic mass is 15.0. The summed E-state index contributed by atoms with van der Waals surface area (Å²) in [5, 5.41) is 3.63. The van der Waals surface area contributed by atoms with Crippen LogP contribution < -0.4 is 11.1 Å². The highest BCUT2D eigenvalue weighted by Crippen LogP contribution is 2.39. The lowest BCUT2D eigenvalue weighted by atomic mass is 9.69. The van der Waals surface area contributed by atoms with Crippen LogP contribution in [0.5, 0.6) is 0 Å². The van der Waals surface area contributed by atoms with E-state index in [1.165, 1.54) is 25.7 Å². The van der Waals surface area contributed by atoms with Gasteiger partial charge in [0.2, 0.25) is 0 Å². The van der Waals surface area contributed by atoms with E-state index >= 15 is 0 Å². The van der Waals surface area contributed by atoms with Crippen LogP contribution in [0.15, 0.2) is 12.7 Å². The largest absolute Gasteiger partial charge is 0.329 e. The Labute approximate surface area is 94.3 Å². The first-order valence-corrected chi connectivity index (χ1v) is 6.10. The number of hydrogen-bond acceptors (Lipinski definition) is 2. The predicted octanol–water partition coefficient (Wildman–Crippen LogP) is 2.45.